The molecule has 0 aromatic heterocycles. The Balaban J connectivity index is 2.19. The highest BCUT2D eigenvalue weighted by Crippen LogP contribution is 2.19. The third-order valence-electron chi connectivity index (χ3n) is 2.81. The van der Waals surface area contributed by atoms with Crippen LogP contribution in [0, 0.1) is 5.82 Å². The Hall–Kier alpha value is -2.07. The Labute approximate surface area is 121 Å². The number of hydrogen-bond donors (Lipinski definition) is 1. The largest absolute Gasteiger partial charge is 0.465 e. The molecule has 5 heteroatoms. The summed E-state index contributed by atoms with van der Waals surface area (Å²) in [5, 5.41) is 3.48. The average molecular weight is 294 g/mol. The van der Waals surface area contributed by atoms with Gasteiger partial charge in [-0.2, -0.15) is 0 Å². The molecule has 0 radical (unpaired) electrons. The lowest BCUT2D eigenvalue weighted by atomic mass is 10.1. The molecule has 0 saturated heterocycles. The maximum absolute atomic E-state index is 13.6. The van der Waals surface area contributed by atoms with E-state index in [0.29, 0.717) is 21.8 Å². The molecule has 0 saturated carbocycles. The van der Waals surface area contributed by atoms with Gasteiger partial charge in [-0.25, -0.2) is 9.18 Å². The predicted molar refractivity (Wildman–Crippen MR) is 76.5 cm³/mol. The minimum Gasteiger partial charge on any atom is -0.465 e. The summed E-state index contributed by atoms with van der Waals surface area (Å²) in [5.41, 5.74) is 1.41. The molecular formula is C15H13ClFNO2. The number of methoxy groups -OCH3 is 1. The number of hydrogen-bond acceptors (Lipinski definition) is 3. The minimum atomic E-state index is -0.445. The van der Waals surface area contributed by atoms with Crippen molar-refractivity contribution in [1.82, 2.24) is 0 Å². The molecule has 0 aliphatic rings. The van der Waals surface area contributed by atoms with Gasteiger partial charge in [0.15, 0.2) is 0 Å². The van der Waals surface area contributed by atoms with Crippen LogP contribution in [-0.4, -0.2) is 13.1 Å². The van der Waals surface area contributed by atoms with Crippen molar-refractivity contribution < 1.29 is 13.9 Å². The van der Waals surface area contributed by atoms with Crippen LogP contribution in [-0.2, 0) is 11.3 Å². The normalized spacial score (nSPS) is 10.2. The quantitative estimate of drug-likeness (QED) is 0.870. The van der Waals surface area contributed by atoms with Crippen LogP contribution >= 0.6 is 11.6 Å². The van der Waals surface area contributed by atoms with Gasteiger partial charge in [-0.05, 0) is 30.3 Å². The van der Waals surface area contributed by atoms with Crippen LogP contribution in [0.4, 0.5) is 10.1 Å². The second kappa shape index (κ2) is 6.39. The van der Waals surface area contributed by atoms with E-state index in [1.165, 1.54) is 19.2 Å². The fraction of sp³-hybridized carbons (Fsp3) is 0.133. The molecule has 0 fully saturated rings. The fourth-order valence-electron chi connectivity index (χ4n) is 1.79. The number of ether oxygens (including phenoxy) is 1. The Kier molecular flexibility index (Phi) is 4.58. The van der Waals surface area contributed by atoms with Crippen LogP contribution in [0.15, 0.2) is 42.5 Å². The fourth-order valence-corrected chi connectivity index (χ4v) is 1.99. The highest BCUT2D eigenvalue weighted by molar-refractivity contribution is 6.30. The monoisotopic (exact) mass is 293 g/mol. The first-order valence-corrected chi connectivity index (χ1v) is 6.34. The van der Waals surface area contributed by atoms with E-state index >= 15 is 0 Å². The predicted octanol–water partition coefficient (Wildman–Crippen LogP) is 3.88. The zero-order valence-corrected chi connectivity index (χ0v) is 11.6. The second-order valence-corrected chi connectivity index (χ2v) is 4.56. The third-order valence-corrected chi connectivity index (χ3v) is 3.04. The third kappa shape index (κ3) is 3.27. The molecule has 0 amide bonds. The van der Waals surface area contributed by atoms with Crippen molar-refractivity contribution in [3.63, 3.8) is 0 Å². The van der Waals surface area contributed by atoms with Gasteiger partial charge in [0.2, 0.25) is 0 Å². The summed E-state index contributed by atoms with van der Waals surface area (Å²) in [7, 11) is 1.32. The Morgan fingerprint density at radius 3 is 2.80 bits per heavy atom. The smallest absolute Gasteiger partial charge is 0.339 e. The van der Waals surface area contributed by atoms with Gasteiger partial charge in [0.1, 0.15) is 5.82 Å². The topological polar surface area (TPSA) is 38.3 Å². The van der Waals surface area contributed by atoms with Gasteiger partial charge in [-0.3, -0.25) is 0 Å². The van der Waals surface area contributed by atoms with Crippen molar-refractivity contribution in [2.24, 2.45) is 0 Å². The van der Waals surface area contributed by atoms with E-state index in [-0.39, 0.29) is 12.4 Å². The molecule has 0 aliphatic carbocycles. The molecule has 0 spiro atoms. The van der Waals surface area contributed by atoms with Gasteiger partial charge >= 0.3 is 5.97 Å². The van der Waals surface area contributed by atoms with Gasteiger partial charge in [0.05, 0.1) is 12.7 Å². The van der Waals surface area contributed by atoms with Crippen molar-refractivity contribution >= 4 is 23.3 Å². The van der Waals surface area contributed by atoms with E-state index in [0.717, 1.165) is 0 Å². The van der Waals surface area contributed by atoms with Crippen molar-refractivity contribution in [2.75, 3.05) is 12.4 Å². The van der Waals surface area contributed by atoms with Gasteiger partial charge < -0.3 is 10.1 Å². The molecular weight excluding hydrogens is 281 g/mol. The number of nitrogens with one attached hydrogen (secondary N) is 1. The van der Waals surface area contributed by atoms with Crippen molar-refractivity contribution in [3.8, 4) is 0 Å². The van der Waals surface area contributed by atoms with Gasteiger partial charge in [-0.15, -0.1) is 0 Å². The number of rotatable bonds is 4. The summed E-state index contributed by atoms with van der Waals surface area (Å²) >= 11 is 5.83. The van der Waals surface area contributed by atoms with Crippen LogP contribution in [0.25, 0.3) is 0 Å². The average Bonchev–Trinajstić information content (AvgIpc) is 2.47. The number of benzene rings is 2. The van der Waals surface area contributed by atoms with E-state index in [1.807, 2.05) is 0 Å². The lowest BCUT2D eigenvalue weighted by Gasteiger charge is -2.11. The number of halogens is 2. The first kappa shape index (κ1) is 14.3. The SMILES string of the molecule is COC(=O)c1ccccc1NCc1cc(Cl)ccc1F. The zero-order chi connectivity index (χ0) is 14.5. The van der Waals surface area contributed by atoms with Crippen molar-refractivity contribution in [2.45, 2.75) is 6.54 Å². The Bertz CT molecular complexity index is 631. The summed E-state index contributed by atoms with van der Waals surface area (Å²) < 4.78 is 18.3. The lowest BCUT2D eigenvalue weighted by molar-refractivity contribution is 0.0602. The van der Waals surface area contributed by atoms with Gasteiger partial charge in [0.25, 0.3) is 0 Å². The van der Waals surface area contributed by atoms with Crippen LogP contribution in [0.2, 0.25) is 5.02 Å². The van der Waals surface area contributed by atoms with E-state index in [9.17, 15) is 9.18 Å². The van der Waals surface area contributed by atoms with E-state index in [2.05, 4.69) is 5.32 Å². The Morgan fingerprint density at radius 2 is 2.05 bits per heavy atom. The molecule has 0 heterocycles. The van der Waals surface area contributed by atoms with Crippen molar-refractivity contribution in [1.29, 1.82) is 0 Å². The molecule has 0 unspecified atom stereocenters. The summed E-state index contributed by atoms with van der Waals surface area (Å²) in [6.45, 7) is 0.223. The second-order valence-electron chi connectivity index (χ2n) is 4.13. The van der Waals surface area contributed by atoms with E-state index in [1.54, 1.807) is 30.3 Å². The first-order chi connectivity index (χ1) is 9.61. The molecule has 104 valence electrons. The molecule has 1 N–H and O–H groups in total. The zero-order valence-electron chi connectivity index (χ0n) is 10.8. The molecule has 0 aliphatic heterocycles. The maximum Gasteiger partial charge on any atom is 0.339 e. The summed E-state index contributed by atoms with van der Waals surface area (Å²) in [4.78, 5) is 11.6. The molecule has 20 heavy (non-hydrogen) atoms. The highest BCUT2D eigenvalue weighted by Gasteiger charge is 2.11. The number of esters is 1. The number of carbonyl (C=O) groups is 1. The molecule has 2 rings (SSSR count). The Morgan fingerprint density at radius 1 is 1.30 bits per heavy atom. The van der Waals surface area contributed by atoms with E-state index < -0.39 is 5.97 Å². The molecule has 2 aromatic rings. The number of carbonyl (C=O) groups excluding carboxylic acids is 1. The summed E-state index contributed by atoms with van der Waals surface area (Å²) in [5.74, 6) is -0.794. The molecule has 0 bridgehead atoms. The molecule has 0 atom stereocenters. The van der Waals surface area contributed by atoms with Crippen LogP contribution in [0.3, 0.4) is 0 Å². The van der Waals surface area contributed by atoms with Gasteiger partial charge in [0, 0.05) is 22.8 Å². The standard InChI is InChI=1S/C15H13ClFNO2/c1-20-15(19)12-4-2-3-5-14(12)18-9-10-8-11(16)6-7-13(10)17/h2-8,18H,9H2,1H3. The first-order valence-electron chi connectivity index (χ1n) is 5.97. The number of anilines is 1. The van der Waals surface area contributed by atoms with Crippen LogP contribution < -0.4 is 5.32 Å². The highest BCUT2D eigenvalue weighted by atomic mass is 35.5. The summed E-state index contributed by atoms with van der Waals surface area (Å²) in [6, 6.07) is 11.2. The van der Waals surface area contributed by atoms with Crippen LogP contribution in [0.5, 0.6) is 0 Å². The maximum atomic E-state index is 13.6. The van der Waals surface area contributed by atoms with E-state index in [4.69, 9.17) is 16.3 Å². The molecule has 2 aromatic carbocycles. The van der Waals surface area contributed by atoms with Gasteiger partial charge in [-0.1, -0.05) is 23.7 Å². The lowest BCUT2D eigenvalue weighted by Crippen LogP contribution is -2.08. The molecule has 3 nitrogen and oxygen atoms in total. The number of para-hydroxylation sites is 1. The summed E-state index contributed by atoms with van der Waals surface area (Å²) in [6.07, 6.45) is 0. The van der Waals surface area contributed by atoms with Crippen molar-refractivity contribution in [3.05, 3.63) is 64.4 Å². The minimum absolute atomic E-state index is 0.223. The van der Waals surface area contributed by atoms with Crippen LogP contribution in [0.1, 0.15) is 15.9 Å².